The summed E-state index contributed by atoms with van der Waals surface area (Å²) in [6.45, 7) is 3.59. The third-order valence-electron chi connectivity index (χ3n) is 4.57. The molecule has 0 spiro atoms. The third kappa shape index (κ3) is 4.05. The van der Waals surface area contributed by atoms with Crippen LogP contribution in [-0.2, 0) is 0 Å². The number of rotatable bonds is 5. The Labute approximate surface area is 168 Å². The molecule has 1 saturated heterocycles. The van der Waals surface area contributed by atoms with Crippen LogP contribution in [0.4, 0.5) is 0 Å². The van der Waals surface area contributed by atoms with Crippen molar-refractivity contribution in [2.75, 3.05) is 40.4 Å². The SMILES string of the molecule is COc1cc(OC)c(C(c2ccc(Cl)cc2Cl)N2CCNCC2)cc1Cl. The van der Waals surface area contributed by atoms with Gasteiger partial charge in [-0.2, -0.15) is 0 Å². The molecule has 0 aliphatic carbocycles. The summed E-state index contributed by atoms with van der Waals surface area (Å²) in [5, 5.41) is 5.15. The Morgan fingerprint density at radius 2 is 1.58 bits per heavy atom. The number of benzene rings is 2. The van der Waals surface area contributed by atoms with Crippen molar-refractivity contribution in [3.63, 3.8) is 0 Å². The number of ether oxygens (including phenoxy) is 2. The minimum atomic E-state index is -0.0970. The molecule has 140 valence electrons. The second-order valence-corrected chi connectivity index (χ2v) is 7.33. The number of hydrogen-bond donors (Lipinski definition) is 1. The van der Waals surface area contributed by atoms with Crippen LogP contribution >= 0.6 is 34.8 Å². The molecule has 26 heavy (non-hydrogen) atoms. The van der Waals surface area contributed by atoms with Gasteiger partial charge in [0.1, 0.15) is 11.5 Å². The zero-order valence-corrected chi connectivity index (χ0v) is 17.0. The van der Waals surface area contributed by atoms with E-state index in [0.717, 1.165) is 37.3 Å². The molecule has 1 N–H and O–H groups in total. The van der Waals surface area contributed by atoms with Crippen LogP contribution in [0.1, 0.15) is 17.2 Å². The van der Waals surface area contributed by atoms with Crippen molar-refractivity contribution < 1.29 is 9.47 Å². The molecule has 4 nitrogen and oxygen atoms in total. The number of piperazine rings is 1. The Hall–Kier alpha value is -1.17. The highest BCUT2D eigenvalue weighted by Crippen LogP contribution is 2.42. The Balaban J connectivity index is 2.16. The zero-order valence-electron chi connectivity index (χ0n) is 14.7. The van der Waals surface area contributed by atoms with Crippen LogP contribution in [0.15, 0.2) is 30.3 Å². The average molecular weight is 416 g/mol. The second kappa shape index (κ2) is 8.68. The lowest BCUT2D eigenvalue weighted by molar-refractivity contribution is 0.195. The van der Waals surface area contributed by atoms with E-state index in [1.54, 1.807) is 20.3 Å². The number of nitrogens with one attached hydrogen (secondary N) is 1. The van der Waals surface area contributed by atoms with Gasteiger partial charge in [0.05, 0.1) is 25.3 Å². The quantitative estimate of drug-likeness (QED) is 0.770. The first kappa shape index (κ1) is 19.6. The summed E-state index contributed by atoms with van der Waals surface area (Å²) < 4.78 is 11.0. The highest BCUT2D eigenvalue weighted by Gasteiger charge is 2.29. The largest absolute Gasteiger partial charge is 0.496 e. The zero-order chi connectivity index (χ0) is 18.7. The minimum Gasteiger partial charge on any atom is -0.496 e. The van der Waals surface area contributed by atoms with Crippen LogP contribution in [0, 0.1) is 0 Å². The summed E-state index contributed by atoms with van der Waals surface area (Å²) in [4.78, 5) is 2.37. The molecule has 1 atom stereocenters. The minimum absolute atomic E-state index is 0.0970. The predicted molar refractivity (Wildman–Crippen MR) is 107 cm³/mol. The van der Waals surface area contributed by atoms with Crippen molar-refractivity contribution in [3.05, 3.63) is 56.5 Å². The fraction of sp³-hybridized carbons (Fsp3) is 0.368. The monoisotopic (exact) mass is 414 g/mol. The Kier molecular flexibility index (Phi) is 6.54. The maximum absolute atomic E-state index is 6.56. The van der Waals surface area contributed by atoms with E-state index in [2.05, 4.69) is 10.2 Å². The van der Waals surface area contributed by atoms with E-state index in [9.17, 15) is 0 Å². The van der Waals surface area contributed by atoms with Crippen LogP contribution in [0.2, 0.25) is 15.1 Å². The van der Waals surface area contributed by atoms with Crippen LogP contribution < -0.4 is 14.8 Å². The van der Waals surface area contributed by atoms with Crippen LogP contribution in [-0.4, -0.2) is 45.3 Å². The van der Waals surface area contributed by atoms with Crippen molar-refractivity contribution in [2.45, 2.75) is 6.04 Å². The van der Waals surface area contributed by atoms with Crippen molar-refractivity contribution in [1.29, 1.82) is 0 Å². The van der Waals surface area contributed by atoms with E-state index in [4.69, 9.17) is 44.3 Å². The van der Waals surface area contributed by atoms with Gasteiger partial charge in [0.25, 0.3) is 0 Å². The molecule has 1 aliphatic rings. The van der Waals surface area contributed by atoms with Gasteiger partial charge >= 0.3 is 0 Å². The molecule has 1 heterocycles. The summed E-state index contributed by atoms with van der Waals surface area (Å²) >= 11 is 19.1. The number of hydrogen-bond acceptors (Lipinski definition) is 4. The standard InChI is InChI=1S/C19H21Cl3N2O2/c1-25-17-11-18(26-2)16(22)10-14(17)19(24-7-5-23-6-8-24)13-4-3-12(20)9-15(13)21/h3-4,9-11,19,23H,5-8H2,1-2H3. The van der Waals surface area contributed by atoms with E-state index < -0.39 is 0 Å². The molecule has 0 aromatic heterocycles. The van der Waals surface area contributed by atoms with E-state index in [-0.39, 0.29) is 6.04 Å². The van der Waals surface area contributed by atoms with E-state index in [1.807, 2.05) is 24.3 Å². The van der Waals surface area contributed by atoms with E-state index in [1.165, 1.54) is 0 Å². The molecule has 0 saturated carbocycles. The fourth-order valence-corrected chi connectivity index (χ4v) is 4.08. The Morgan fingerprint density at radius 3 is 2.19 bits per heavy atom. The average Bonchev–Trinajstić information content (AvgIpc) is 2.65. The number of nitrogens with zero attached hydrogens (tertiary/aromatic N) is 1. The summed E-state index contributed by atoms with van der Waals surface area (Å²) in [6, 6.07) is 9.21. The summed E-state index contributed by atoms with van der Waals surface area (Å²) in [5.41, 5.74) is 1.92. The van der Waals surface area contributed by atoms with Gasteiger partial charge < -0.3 is 14.8 Å². The molecular formula is C19H21Cl3N2O2. The van der Waals surface area contributed by atoms with Crippen LogP contribution in [0.3, 0.4) is 0 Å². The molecule has 2 aromatic carbocycles. The molecule has 0 bridgehead atoms. The van der Waals surface area contributed by atoms with Crippen molar-refractivity contribution in [2.24, 2.45) is 0 Å². The summed E-state index contributed by atoms with van der Waals surface area (Å²) in [7, 11) is 3.23. The van der Waals surface area contributed by atoms with Crippen LogP contribution in [0.25, 0.3) is 0 Å². The number of methoxy groups -OCH3 is 2. The molecule has 7 heteroatoms. The van der Waals surface area contributed by atoms with Crippen LogP contribution in [0.5, 0.6) is 11.5 Å². The van der Waals surface area contributed by atoms with Crippen molar-refractivity contribution in [3.8, 4) is 11.5 Å². The lowest BCUT2D eigenvalue weighted by Gasteiger charge is -2.36. The predicted octanol–water partition coefficient (Wildman–Crippen LogP) is 4.66. The van der Waals surface area contributed by atoms with Gasteiger partial charge in [-0.15, -0.1) is 0 Å². The first-order chi connectivity index (χ1) is 12.5. The first-order valence-corrected chi connectivity index (χ1v) is 9.49. The third-order valence-corrected chi connectivity index (χ3v) is 5.43. The lowest BCUT2D eigenvalue weighted by Crippen LogP contribution is -2.45. The number of halogens is 3. The summed E-state index contributed by atoms with van der Waals surface area (Å²) in [6.07, 6.45) is 0. The maximum Gasteiger partial charge on any atom is 0.141 e. The fourth-order valence-electron chi connectivity index (χ4n) is 3.32. The van der Waals surface area contributed by atoms with Gasteiger partial charge in [0.2, 0.25) is 0 Å². The van der Waals surface area contributed by atoms with Crippen molar-refractivity contribution >= 4 is 34.8 Å². The molecule has 0 amide bonds. The maximum atomic E-state index is 6.56. The molecule has 1 aliphatic heterocycles. The summed E-state index contributed by atoms with van der Waals surface area (Å²) in [5.74, 6) is 1.29. The molecule has 3 rings (SSSR count). The molecule has 1 unspecified atom stereocenters. The van der Waals surface area contributed by atoms with Gasteiger partial charge in [-0.1, -0.05) is 40.9 Å². The van der Waals surface area contributed by atoms with E-state index >= 15 is 0 Å². The van der Waals surface area contributed by atoms with Gasteiger partial charge in [0.15, 0.2) is 0 Å². The molecule has 0 radical (unpaired) electrons. The Bertz CT molecular complexity index is 780. The van der Waals surface area contributed by atoms with Gasteiger partial charge in [-0.05, 0) is 23.8 Å². The Morgan fingerprint density at radius 1 is 0.885 bits per heavy atom. The smallest absolute Gasteiger partial charge is 0.141 e. The first-order valence-electron chi connectivity index (χ1n) is 8.36. The normalized spacial score (nSPS) is 16.3. The lowest BCUT2D eigenvalue weighted by atomic mass is 9.95. The van der Waals surface area contributed by atoms with Gasteiger partial charge in [-0.25, -0.2) is 0 Å². The van der Waals surface area contributed by atoms with Gasteiger partial charge in [0, 0.05) is 47.9 Å². The van der Waals surface area contributed by atoms with Gasteiger partial charge in [-0.3, -0.25) is 4.90 Å². The highest BCUT2D eigenvalue weighted by atomic mass is 35.5. The molecule has 1 fully saturated rings. The molecule has 2 aromatic rings. The van der Waals surface area contributed by atoms with E-state index in [0.29, 0.717) is 26.6 Å². The van der Waals surface area contributed by atoms with Crippen molar-refractivity contribution in [1.82, 2.24) is 10.2 Å². The molecular weight excluding hydrogens is 395 g/mol. The second-order valence-electron chi connectivity index (χ2n) is 6.08. The topological polar surface area (TPSA) is 33.7 Å². The highest BCUT2D eigenvalue weighted by molar-refractivity contribution is 6.35.